The van der Waals surface area contributed by atoms with Gasteiger partial charge in [0, 0.05) is 12.3 Å². The summed E-state index contributed by atoms with van der Waals surface area (Å²) in [6, 6.07) is 5.60. The standard InChI is InChI=1S/C22H29NO5S/c1-14(22-10-15-7-16(11-22)9-17(8-15)12-22)23-20(24)13-28-21(25)18-3-5-19(6-4-18)29(2,26)27/h3-6,14-17H,7-13H2,1-2H3,(H,23,24)/t14-,15?,16?,17?,22?/m1/s1. The Morgan fingerprint density at radius 2 is 1.59 bits per heavy atom. The predicted octanol–water partition coefficient (Wildman–Crippen LogP) is 2.97. The Labute approximate surface area is 172 Å². The molecular weight excluding hydrogens is 390 g/mol. The van der Waals surface area contributed by atoms with Gasteiger partial charge in [0.05, 0.1) is 10.5 Å². The molecule has 1 N–H and O–H groups in total. The molecule has 1 aromatic carbocycles. The van der Waals surface area contributed by atoms with E-state index in [1.165, 1.54) is 62.8 Å². The molecule has 0 aliphatic heterocycles. The molecule has 4 aliphatic rings. The third-order valence-corrected chi connectivity index (χ3v) is 8.36. The lowest BCUT2D eigenvalue weighted by atomic mass is 9.48. The molecule has 6 nitrogen and oxygen atoms in total. The maximum Gasteiger partial charge on any atom is 0.338 e. The number of hydrogen-bond acceptors (Lipinski definition) is 5. The Morgan fingerprint density at radius 3 is 2.07 bits per heavy atom. The number of nitrogens with one attached hydrogen (secondary N) is 1. The maximum absolute atomic E-state index is 12.4. The molecule has 4 fully saturated rings. The number of sulfone groups is 1. The zero-order valence-corrected chi connectivity index (χ0v) is 17.8. The highest BCUT2D eigenvalue weighted by atomic mass is 32.2. The average molecular weight is 420 g/mol. The van der Waals surface area contributed by atoms with Gasteiger partial charge in [0.1, 0.15) is 0 Å². The fourth-order valence-electron chi connectivity index (χ4n) is 6.20. The normalized spacial score (nSPS) is 31.3. The highest BCUT2D eigenvalue weighted by molar-refractivity contribution is 7.90. The molecule has 158 valence electrons. The van der Waals surface area contributed by atoms with Gasteiger partial charge in [-0.1, -0.05) is 0 Å². The Bertz CT molecular complexity index is 870. The Kier molecular flexibility index (Phi) is 5.21. The Hall–Kier alpha value is -1.89. The quantitative estimate of drug-likeness (QED) is 0.716. The Balaban J connectivity index is 1.30. The second-order valence-electron chi connectivity index (χ2n) is 9.44. The van der Waals surface area contributed by atoms with Gasteiger partial charge in [-0.2, -0.15) is 0 Å². The minimum Gasteiger partial charge on any atom is -0.452 e. The molecule has 0 heterocycles. The van der Waals surface area contributed by atoms with Crippen molar-refractivity contribution < 1.29 is 22.7 Å². The van der Waals surface area contributed by atoms with Crippen molar-refractivity contribution in [2.75, 3.05) is 12.9 Å². The minimum atomic E-state index is -3.32. The molecule has 7 heteroatoms. The van der Waals surface area contributed by atoms with Crippen LogP contribution in [0.1, 0.15) is 55.8 Å². The van der Waals surface area contributed by atoms with Gasteiger partial charge in [0.15, 0.2) is 16.4 Å². The number of hydrogen-bond donors (Lipinski definition) is 1. The molecule has 1 amide bonds. The molecule has 0 spiro atoms. The zero-order chi connectivity index (χ0) is 20.8. The molecule has 4 aliphatic carbocycles. The number of carbonyl (C=O) groups is 2. The first kappa shape index (κ1) is 20.4. The largest absolute Gasteiger partial charge is 0.452 e. The van der Waals surface area contributed by atoms with E-state index in [1.54, 1.807) is 0 Å². The monoisotopic (exact) mass is 419 g/mol. The Morgan fingerprint density at radius 1 is 1.07 bits per heavy atom. The van der Waals surface area contributed by atoms with Crippen molar-refractivity contribution in [3.63, 3.8) is 0 Å². The van der Waals surface area contributed by atoms with E-state index in [9.17, 15) is 18.0 Å². The number of esters is 1. The molecule has 0 unspecified atom stereocenters. The van der Waals surface area contributed by atoms with Gasteiger partial charge in [-0.15, -0.1) is 0 Å². The molecule has 1 aromatic rings. The van der Waals surface area contributed by atoms with Crippen LogP contribution in [0.2, 0.25) is 0 Å². The van der Waals surface area contributed by atoms with Gasteiger partial charge < -0.3 is 10.1 Å². The van der Waals surface area contributed by atoms with E-state index in [0.29, 0.717) is 0 Å². The summed E-state index contributed by atoms with van der Waals surface area (Å²) >= 11 is 0. The van der Waals surface area contributed by atoms with Crippen LogP contribution in [0.5, 0.6) is 0 Å². The van der Waals surface area contributed by atoms with Crippen molar-refractivity contribution in [1.29, 1.82) is 0 Å². The van der Waals surface area contributed by atoms with E-state index in [0.717, 1.165) is 24.0 Å². The SMILES string of the molecule is C[C@@H](NC(=O)COC(=O)c1ccc(S(C)(=O)=O)cc1)C12CC3CC(CC(C3)C1)C2. The van der Waals surface area contributed by atoms with Crippen LogP contribution in [0.3, 0.4) is 0 Å². The van der Waals surface area contributed by atoms with E-state index in [4.69, 9.17) is 4.74 Å². The van der Waals surface area contributed by atoms with E-state index in [1.807, 2.05) is 0 Å². The van der Waals surface area contributed by atoms with E-state index >= 15 is 0 Å². The third kappa shape index (κ3) is 4.20. The van der Waals surface area contributed by atoms with E-state index in [-0.39, 0.29) is 34.4 Å². The first-order valence-electron chi connectivity index (χ1n) is 10.4. The van der Waals surface area contributed by atoms with Crippen molar-refractivity contribution in [1.82, 2.24) is 5.32 Å². The van der Waals surface area contributed by atoms with Crippen LogP contribution in [0.4, 0.5) is 0 Å². The van der Waals surface area contributed by atoms with Crippen LogP contribution < -0.4 is 5.32 Å². The van der Waals surface area contributed by atoms with E-state index in [2.05, 4.69) is 12.2 Å². The first-order valence-corrected chi connectivity index (χ1v) is 12.3. The highest BCUT2D eigenvalue weighted by Crippen LogP contribution is 2.61. The van der Waals surface area contributed by atoms with Gasteiger partial charge in [-0.05, 0) is 92.9 Å². The smallest absolute Gasteiger partial charge is 0.338 e. The lowest BCUT2D eigenvalue weighted by Gasteiger charge is -2.59. The minimum absolute atomic E-state index is 0.0798. The molecule has 29 heavy (non-hydrogen) atoms. The third-order valence-electron chi connectivity index (χ3n) is 7.23. The van der Waals surface area contributed by atoms with Crippen molar-refractivity contribution in [2.45, 2.75) is 56.4 Å². The summed E-state index contributed by atoms with van der Waals surface area (Å²) in [5.41, 5.74) is 0.426. The number of benzene rings is 1. The van der Waals surface area contributed by atoms with Gasteiger partial charge in [0.2, 0.25) is 0 Å². The fourth-order valence-corrected chi connectivity index (χ4v) is 6.83. The summed E-state index contributed by atoms with van der Waals surface area (Å²) in [5.74, 6) is 1.52. The molecule has 4 saturated carbocycles. The van der Waals surface area contributed by atoms with Crippen molar-refractivity contribution in [3.05, 3.63) is 29.8 Å². The van der Waals surface area contributed by atoms with Gasteiger partial charge >= 0.3 is 5.97 Å². The van der Waals surface area contributed by atoms with Gasteiger partial charge in [-0.3, -0.25) is 4.79 Å². The van der Waals surface area contributed by atoms with E-state index < -0.39 is 15.8 Å². The van der Waals surface area contributed by atoms with Crippen LogP contribution in [0, 0.1) is 23.2 Å². The second kappa shape index (κ2) is 7.42. The predicted molar refractivity (Wildman–Crippen MR) is 108 cm³/mol. The van der Waals surface area contributed by atoms with Crippen LogP contribution >= 0.6 is 0 Å². The number of ether oxygens (including phenoxy) is 1. The van der Waals surface area contributed by atoms with Crippen LogP contribution in [0.25, 0.3) is 0 Å². The summed E-state index contributed by atoms with van der Waals surface area (Å²) < 4.78 is 28.1. The molecular formula is C22H29NO5S. The van der Waals surface area contributed by atoms with Crippen molar-refractivity contribution >= 4 is 21.7 Å². The second-order valence-corrected chi connectivity index (χ2v) is 11.5. The molecule has 0 aromatic heterocycles. The molecule has 0 saturated heterocycles. The summed E-state index contributed by atoms with van der Waals surface area (Å²) in [7, 11) is -3.32. The zero-order valence-electron chi connectivity index (χ0n) is 17.0. The van der Waals surface area contributed by atoms with Crippen LogP contribution in [0.15, 0.2) is 29.2 Å². The summed E-state index contributed by atoms with van der Waals surface area (Å²) in [5, 5.41) is 3.08. The summed E-state index contributed by atoms with van der Waals surface area (Å²) in [6.07, 6.45) is 8.78. The van der Waals surface area contributed by atoms with Gasteiger partial charge in [-0.25, -0.2) is 13.2 Å². The van der Waals surface area contributed by atoms with Crippen molar-refractivity contribution in [3.8, 4) is 0 Å². The van der Waals surface area contributed by atoms with Crippen molar-refractivity contribution in [2.24, 2.45) is 23.2 Å². The summed E-state index contributed by atoms with van der Waals surface area (Å²) in [4.78, 5) is 24.7. The highest BCUT2D eigenvalue weighted by Gasteiger charge is 2.53. The number of carbonyl (C=O) groups excluding carboxylic acids is 2. The molecule has 1 atom stereocenters. The average Bonchev–Trinajstić information content (AvgIpc) is 2.64. The molecule has 5 rings (SSSR count). The lowest BCUT2D eigenvalue weighted by Crippen LogP contribution is -2.56. The number of rotatable bonds is 6. The van der Waals surface area contributed by atoms with Gasteiger partial charge in [0.25, 0.3) is 5.91 Å². The van der Waals surface area contributed by atoms with Crippen LogP contribution in [-0.4, -0.2) is 39.2 Å². The molecule has 4 bridgehead atoms. The number of amides is 1. The summed E-state index contributed by atoms with van der Waals surface area (Å²) in [6.45, 7) is 1.76. The lowest BCUT2D eigenvalue weighted by molar-refractivity contribution is -0.128. The molecule has 0 radical (unpaired) electrons. The topological polar surface area (TPSA) is 89.5 Å². The first-order chi connectivity index (χ1) is 13.6. The fraction of sp³-hybridized carbons (Fsp3) is 0.636. The van der Waals surface area contributed by atoms with Crippen LogP contribution in [-0.2, 0) is 19.4 Å². The maximum atomic E-state index is 12.4.